The number of nitrogens with two attached hydrogens (primary N) is 1. The lowest BCUT2D eigenvalue weighted by Crippen LogP contribution is -3.12. The molecular weight excluding hydrogens is 292 g/mol. The normalized spacial score (nSPS) is 21.5. The van der Waals surface area contributed by atoms with E-state index in [9.17, 15) is 9.59 Å². The fourth-order valence-corrected chi connectivity index (χ4v) is 3.49. The van der Waals surface area contributed by atoms with E-state index in [0.29, 0.717) is 12.1 Å². The third-order valence-corrected chi connectivity index (χ3v) is 4.98. The Morgan fingerprint density at radius 3 is 2.91 bits per heavy atom. The van der Waals surface area contributed by atoms with Crippen molar-refractivity contribution < 1.29 is 14.1 Å². The quantitative estimate of drug-likeness (QED) is 0.818. The Balaban J connectivity index is 1.95. The molecule has 1 fully saturated rings. The van der Waals surface area contributed by atoms with Gasteiger partial charge in [-0.25, -0.2) is 4.79 Å². The number of piperidine rings is 1. The van der Waals surface area contributed by atoms with Crippen LogP contribution < -0.4 is 16.3 Å². The van der Waals surface area contributed by atoms with Crippen LogP contribution >= 0.6 is 0 Å². The van der Waals surface area contributed by atoms with Crippen molar-refractivity contribution in [2.75, 3.05) is 13.1 Å². The molecule has 0 aliphatic carbocycles. The van der Waals surface area contributed by atoms with Crippen LogP contribution in [0.5, 0.6) is 0 Å². The summed E-state index contributed by atoms with van der Waals surface area (Å²) in [5.74, 6) is -0.278. The van der Waals surface area contributed by atoms with Crippen molar-refractivity contribution >= 4 is 16.9 Å². The molecule has 5 nitrogen and oxygen atoms in total. The summed E-state index contributed by atoms with van der Waals surface area (Å²) >= 11 is 0. The van der Waals surface area contributed by atoms with Crippen molar-refractivity contribution in [2.45, 2.75) is 33.2 Å². The molecule has 1 amide bonds. The minimum Gasteiger partial charge on any atom is -0.422 e. The Morgan fingerprint density at radius 1 is 1.39 bits per heavy atom. The molecule has 1 aromatic heterocycles. The zero-order chi connectivity index (χ0) is 16.6. The van der Waals surface area contributed by atoms with E-state index >= 15 is 0 Å². The van der Waals surface area contributed by atoms with Crippen LogP contribution in [0.3, 0.4) is 0 Å². The molecule has 122 valence electrons. The highest BCUT2D eigenvalue weighted by molar-refractivity contribution is 5.83. The minimum absolute atomic E-state index is 0.0610. The largest absolute Gasteiger partial charge is 0.422 e. The van der Waals surface area contributed by atoms with Crippen LogP contribution in [0.15, 0.2) is 27.4 Å². The van der Waals surface area contributed by atoms with E-state index in [-0.39, 0.29) is 17.5 Å². The summed E-state index contributed by atoms with van der Waals surface area (Å²) in [5, 5.41) is 0.987. The predicted octanol–water partition coefficient (Wildman–Crippen LogP) is 0.690. The molecule has 2 heterocycles. The van der Waals surface area contributed by atoms with Gasteiger partial charge >= 0.3 is 5.63 Å². The Labute approximate surface area is 135 Å². The van der Waals surface area contributed by atoms with Gasteiger partial charge in [0, 0.05) is 17.0 Å². The van der Waals surface area contributed by atoms with Gasteiger partial charge in [0.25, 0.3) is 0 Å². The molecule has 0 bridgehead atoms. The number of primary amides is 1. The summed E-state index contributed by atoms with van der Waals surface area (Å²) < 4.78 is 5.42. The van der Waals surface area contributed by atoms with Crippen LogP contribution in [0.4, 0.5) is 0 Å². The average Bonchev–Trinajstić information content (AvgIpc) is 2.51. The zero-order valence-corrected chi connectivity index (χ0v) is 13.6. The van der Waals surface area contributed by atoms with Gasteiger partial charge in [0.15, 0.2) is 0 Å². The molecular formula is C18H23N2O3+. The van der Waals surface area contributed by atoms with Crippen LogP contribution in [0, 0.1) is 19.8 Å². The lowest BCUT2D eigenvalue weighted by Gasteiger charge is -2.28. The number of hydrogen-bond donors (Lipinski definition) is 2. The number of hydrogen-bond acceptors (Lipinski definition) is 3. The van der Waals surface area contributed by atoms with E-state index in [4.69, 9.17) is 10.2 Å². The first-order valence-electron chi connectivity index (χ1n) is 8.11. The van der Waals surface area contributed by atoms with Crippen molar-refractivity contribution in [3.8, 4) is 0 Å². The maximum atomic E-state index is 11.9. The summed E-state index contributed by atoms with van der Waals surface area (Å²) in [6.45, 7) is 6.43. The number of benzene rings is 1. The summed E-state index contributed by atoms with van der Waals surface area (Å²) in [7, 11) is 0. The van der Waals surface area contributed by atoms with Crippen molar-refractivity contribution in [1.29, 1.82) is 0 Å². The van der Waals surface area contributed by atoms with Gasteiger partial charge in [-0.1, -0.05) is 12.1 Å². The maximum absolute atomic E-state index is 11.9. The van der Waals surface area contributed by atoms with Gasteiger partial charge in [-0.05, 0) is 37.8 Å². The fraction of sp³-hybridized carbons (Fsp3) is 0.444. The van der Waals surface area contributed by atoms with Gasteiger partial charge in [0.2, 0.25) is 5.91 Å². The van der Waals surface area contributed by atoms with Gasteiger partial charge < -0.3 is 15.1 Å². The van der Waals surface area contributed by atoms with Crippen LogP contribution in [-0.2, 0) is 11.3 Å². The van der Waals surface area contributed by atoms with Crippen LogP contribution in [0.1, 0.15) is 29.5 Å². The Morgan fingerprint density at radius 2 is 2.17 bits per heavy atom. The number of amides is 1. The molecule has 0 radical (unpaired) electrons. The number of carbonyl (C=O) groups excluding carboxylic acids is 1. The number of fused-ring (bicyclic) bond motifs is 1. The molecule has 2 aromatic rings. The van der Waals surface area contributed by atoms with Crippen molar-refractivity contribution in [3.63, 3.8) is 0 Å². The molecule has 1 aliphatic rings. The first kappa shape index (κ1) is 15.7. The van der Waals surface area contributed by atoms with Crippen LogP contribution in [-0.4, -0.2) is 19.0 Å². The lowest BCUT2D eigenvalue weighted by molar-refractivity contribution is -0.920. The predicted molar refractivity (Wildman–Crippen MR) is 88.3 cm³/mol. The maximum Gasteiger partial charge on any atom is 0.336 e. The van der Waals surface area contributed by atoms with Crippen molar-refractivity contribution in [3.05, 3.63) is 45.3 Å². The summed E-state index contributed by atoms with van der Waals surface area (Å²) in [6, 6.07) is 5.65. The topological polar surface area (TPSA) is 77.7 Å². The molecule has 0 saturated carbocycles. The monoisotopic (exact) mass is 315 g/mol. The highest BCUT2D eigenvalue weighted by Gasteiger charge is 2.27. The SMILES string of the molecule is Cc1ccc2c(C[NH+]3CCC[C@@H](C(N)=O)C3)cc(=O)oc2c1C. The third-order valence-electron chi connectivity index (χ3n) is 4.98. The molecule has 1 saturated heterocycles. The number of nitrogens with one attached hydrogen (secondary N) is 1. The first-order valence-corrected chi connectivity index (χ1v) is 8.11. The molecule has 23 heavy (non-hydrogen) atoms. The Kier molecular flexibility index (Phi) is 4.22. The highest BCUT2D eigenvalue weighted by atomic mass is 16.4. The zero-order valence-electron chi connectivity index (χ0n) is 13.6. The number of carbonyl (C=O) groups is 1. The average molecular weight is 315 g/mol. The van der Waals surface area contributed by atoms with Crippen LogP contribution in [0.2, 0.25) is 0 Å². The Bertz CT molecular complexity index is 810. The number of rotatable bonds is 3. The molecule has 5 heteroatoms. The van der Waals surface area contributed by atoms with E-state index in [2.05, 4.69) is 6.07 Å². The van der Waals surface area contributed by atoms with E-state index in [1.54, 1.807) is 6.07 Å². The van der Waals surface area contributed by atoms with E-state index in [0.717, 1.165) is 48.0 Å². The Hall–Kier alpha value is -2.14. The van der Waals surface area contributed by atoms with Gasteiger partial charge in [0.1, 0.15) is 12.1 Å². The molecule has 2 atom stereocenters. The van der Waals surface area contributed by atoms with Crippen molar-refractivity contribution in [1.82, 2.24) is 0 Å². The van der Waals surface area contributed by atoms with Gasteiger partial charge in [-0.15, -0.1) is 0 Å². The van der Waals surface area contributed by atoms with E-state index in [1.165, 1.54) is 4.90 Å². The summed E-state index contributed by atoms with van der Waals surface area (Å²) in [5.41, 5.74) is 8.92. The highest BCUT2D eigenvalue weighted by Crippen LogP contribution is 2.23. The summed E-state index contributed by atoms with van der Waals surface area (Å²) in [6.07, 6.45) is 1.86. The fourth-order valence-electron chi connectivity index (χ4n) is 3.49. The molecule has 0 spiro atoms. The second-order valence-corrected chi connectivity index (χ2v) is 6.60. The molecule has 1 unspecified atom stereocenters. The van der Waals surface area contributed by atoms with Gasteiger partial charge in [-0.3, -0.25) is 4.79 Å². The number of likely N-dealkylation sites (tertiary alicyclic amines) is 1. The number of quaternary nitrogens is 1. The van der Waals surface area contributed by atoms with E-state index < -0.39 is 0 Å². The molecule has 1 aromatic carbocycles. The second kappa shape index (κ2) is 6.16. The smallest absolute Gasteiger partial charge is 0.336 e. The van der Waals surface area contributed by atoms with Crippen LogP contribution in [0.25, 0.3) is 11.0 Å². The first-order chi connectivity index (χ1) is 11.0. The van der Waals surface area contributed by atoms with Gasteiger partial charge in [-0.2, -0.15) is 0 Å². The molecule has 3 rings (SSSR count). The summed E-state index contributed by atoms with van der Waals surface area (Å²) in [4.78, 5) is 24.7. The lowest BCUT2D eigenvalue weighted by atomic mass is 9.96. The number of aryl methyl sites for hydroxylation is 2. The van der Waals surface area contributed by atoms with Crippen molar-refractivity contribution in [2.24, 2.45) is 11.7 Å². The second-order valence-electron chi connectivity index (χ2n) is 6.60. The minimum atomic E-state index is -0.316. The van der Waals surface area contributed by atoms with Gasteiger partial charge in [0.05, 0.1) is 19.0 Å². The standard InChI is InChI=1S/C18H22N2O3/c1-11-5-6-15-14(8-16(21)23-17(15)12(11)2)10-20-7-3-4-13(9-20)18(19)22/h5-6,8,13H,3-4,7,9-10H2,1-2H3,(H2,19,22)/p+1/t13-/m1/s1. The van der Waals surface area contributed by atoms with E-state index in [1.807, 2.05) is 19.9 Å². The third kappa shape index (κ3) is 3.15. The molecule has 1 aliphatic heterocycles. The molecule has 3 N–H and O–H groups in total.